The van der Waals surface area contributed by atoms with E-state index in [9.17, 15) is 4.79 Å². The third kappa shape index (κ3) is 4.24. The van der Waals surface area contributed by atoms with Gasteiger partial charge in [0.25, 0.3) is 5.56 Å². The van der Waals surface area contributed by atoms with E-state index in [2.05, 4.69) is 45.6 Å². The molecule has 2 aromatic heterocycles. The Hall–Kier alpha value is -2.28. The number of rotatable bonds is 5. The number of hydrogen-bond acceptors (Lipinski definition) is 6. The Balaban J connectivity index is 1.35. The highest BCUT2D eigenvalue weighted by Crippen LogP contribution is 2.42. The lowest BCUT2D eigenvalue weighted by Gasteiger charge is -2.36. The molecule has 1 saturated heterocycles. The van der Waals surface area contributed by atoms with Gasteiger partial charge in [-0.05, 0) is 18.9 Å². The molecule has 0 bridgehead atoms. The SMILES string of the molecule is CC(C)(C)c1ccc(=O)n(CCN2CCN(c3nccnc3C3CC3)CC2)n1. The van der Waals surface area contributed by atoms with Crippen molar-refractivity contribution in [2.24, 2.45) is 0 Å². The van der Waals surface area contributed by atoms with E-state index in [1.54, 1.807) is 16.9 Å². The summed E-state index contributed by atoms with van der Waals surface area (Å²) in [5.41, 5.74) is 2.04. The molecule has 0 N–H and O–H groups in total. The van der Waals surface area contributed by atoms with E-state index in [-0.39, 0.29) is 11.0 Å². The van der Waals surface area contributed by atoms with Crippen molar-refractivity contribution in [2.75, 3.05) is 37.6 Å². The van der Waals surface area contributed by atoms with Gasteiger partial charge in [0.1, 0.15) is 0 Å². The summed E-state index contributed by atoms with van der Waals surface area (Å²) in [5, 5.41) is 4.58. The summed E-state index contributed by atoms with van der Waals surface area (Å²) in [5.74, 6) is 1.68. The minimum absolute atomic E-state index is 0.0275. The summed E-state index contributed by atoms with van der Waals surface area (Å²) < 4.78 is 1.61. The van der Waals surface area contributed by atoms with Gasteiger partial charge in [-0.15, -0.1) is 0 Å². The maximum absolute atomic E-state index is 12.2. The van der Waals surface area contributed by atoms with Crippen molar-refractivity contribution in [1.29, 1.82) is 0 Å². The van der Waals surface area contributed by atoms with Crippen LogP contribution < -0.4 is 10.5 Å². The van der Waals surface area contributed by atoms with Gasteiger partial charge >= 0.3 is 0 Å². The maximum atomic E-state index is 12.2. The van der Waals surface area contributed by atoms with Crippen LogP contribution in [0.25, 0.3) is 0 Å². The summed E-state index contributed by atoms with van der Waals surface area (Å²) >= 11 is 0. The fourth-order valence-electron chi connectivity index (χ4n) is 3.66. The van der Waals surface area contributed by atoms with E-state index in [1.165, 1.54) is 18.5 Å². The number of hydrogen-bond donors (Lipinski definition) is 0. The zero-order valence-corrected chi connectivity index (χ0v) is 17.1. The monoisotopic (exact) mass is 382 g/mol. The third-order valence-electron chi connectivity index (χ3n) is 5.61. The minimum atomic E-state index is -0.0585. The van der Waals surface area contributed by atoms with E-state index in [0.717, 1.165) is 44.2 Å². The van der Waals surface area contributed by atoms with Crippen LogP contribution in [-0.2, 0) is 12.0 Å². The minimum Gasteiger partial charge on any atom is -0.353 e. The quantitative estimate of drug-likeness (QED) is 0.788. The molecule has 0 radical (unpaired) electrons. The Morgan fingerprint density at radius 2 is 1.71 bits per heavy atom. The highest BCUT2D eigenvalue weighted by Gasteiger charge is 2.31. The number of anilines is 1. The van der Waals surface area contributed by atoms with Gasteiger partial charge in [-0.1, -0.05) is 20.8 Å². The Labute approximate surface area is 166 Å². The highest BCUT2D eigenvalue weighted by atomic mass is 16.1. The molecule has 2 aromatic rings. The molecule has 1 aliphatic heterocycles. The first-order chi connectivity index (χ1) is 13.4. The molecule has 0 unspecified atom stereocenters. The van der Waals surface area contributed by atoms with Crippen molar-refractivity contribution in [3.63, 3.8) is 0 Å². The van der Waals surface area contributed by atoms with Crippen molar-refractivity contribution < 1.29 is 0 Å². The Morgan fingerprint density at radius 1 is 1.00 bits per heavy atom. The third-order valence-corrected chi connectivity index (χ3v) is 5.61. The van der Waals surface area contributed by atoms with Crippen LogP contribution in [-0.4, -0.2) is 57.4 Å². The molecule has 2 fully saturated rings. The summed E-state index contributed by atoms with van der Waals surface area (Å²) in [6.45, 7) is 11.6. The lowest BCUT2D eigenvalue weighted by molar-refractivity contribution is 0.241. The highest BCUT2D eigenvalue weighted by molar-refractivity contribution is 5.46. The van der Waals surface area contributed by atoms with Crippen LogP contribution in [0.15, 0.2) is 29.3 Å². The molecular weight excluding hydrogens is 352 g/mol. The van der Waals surface area contributed by atoms with Crippen molar-refractivity contribution in [3.05, 3.63) is 46.3 Å². The van der Waals surface area contributed by atoms with Gasteiger partial charge in [0, 0.05) is 62.5 Å². The summed E-state index contributed by atoms with van der Waals surface area (Å²) in [6, 6.07) is 3.48. The average molecular weight is 383 g/mol. The van der Waals surface area contributed by atoms with Crippen LogP contribution in [0.4, 0.5) is 5.82 Å². The molecule has 1 aliphatic carbocycles. The van der Waals surface area contributed by atoms with Gasteiger partial charge in [0.2, 0.25) is 0 Å². The van der Waals surface area contributed by atoms with Crippen LogP contribution in [0.2, 0.25) is 0 Å². The maximum Gasteiger partial charge on any atom is 0.266 e. The molecule has 150 valence electrons. The van der Waals surface area contributed by atoms with Crippen LogP contribution in [0.1, 0.15) is 50.9 Å². The first-order valence-electron chi connectivity index (χ1n) is 10.3. The van der Waals surface area contributed by atoms with E-state index in [0.29, 0.717) is 12.5 Å². The van der Waals surface area contributed by atoms with Crippen molar-refractivity contribution in [3.8, 4) is 0 Å². The molecule has 3 heterocycles. The van der Waals surface area contributed by atoms with Crippen molar-refractivity contribution in [2.45, 2.75) is 51.5 Å². The van der Waals surface area contributed by atoms with Gasteiger partial charge in [-0.25, -0.2) is 9.67 Å². The van der Waals surface area contributed by atoms with Gasteiger partial charge in [0.15, 0.2) is 5.82 Å². The molecule has 2 aliphatic rings. The van der Waals surface area contributed by atoms with Crippen LogP contribution >= 0.6 is 0 Å². The summed E-state index contributed by atoms with van der Waals surface area (Å²) in [7, 11) is 0. The predicted molar refractivity (Wildman–Crippen MR) is 110 cm³/mol. The lowest BCUT2D eigenvalue weighted by Crippen LogP contribution is -2.48. The Bertz CT molecular complexity index is 875. The lowest BCUT2D eigenvalue weighted by atomic mass is 9.92. The zero-order chi connectivity index (χ0) is 19.7. The van der Waals surface area contributed by atoms with Gasteiger partial charge in [0.05, 0.1) is 17.9 Å². The fraction of sp³-hybridized carbons (Fsp3) is 0.619. The molecule has 0 atom stereocenters. The van der Waals surface area contributed by atoms with E-state index in [4.69, 9.17) is 0 Å². The molecule has 4 rings (SSSR count). The smallest absolute Gasteiger partial charge is 0.266 e. The van der Waals surface area contributed by atoms with Crippen LogP contribution in [0.5, 0.6) is 0 Å². The van der Waals surface area contributed by atoms with Crippen LogP contribution in [0, 0.1) is 0 Å². The molecule has 0 spiro atoms. The fourth-order valence-corrected chi connectivity index (χ4v) is 3.66. The van der Waals surface area contributed by atoms with Crippen molar-refractivity contribution >= 4 is 5.82 Å². The topological polar surface area (TPSA) is 67.2 Å². The Morgan fingerprint density at radius 3 is 2.39 bits per heavy atom. The largest absolute Gasteiger partial charge is 0.353 e. The molecule has 0 amide bonds. The van der Waals surface area contributed by atoms with Gasteiger partial charge in [-0.2, -0.15) is 5.10 Å². The second kappa shape index (κ2) is 7.62. The molecule has 28 heavy (non-hydrogen) atoms. The molecule has 7 heteroatoms. The number of piperazine rings is 1. The molecular formula is C21H30N6O. The summed E-state index contributed by atoms with van der Waals surface area (Å²) in [6.07, 6.45) is 6.08. The first-order valence-corrected chi connectivity index (χ1v) is 10.3. The summed E-state index contributed by atoms with van der Waals surface area (Å²) in [4.78, 5) is 26.1. The van der Waals surface area contributed by atoms with Crippen LogP contribution in [0.3, 0.4) is 0 Å². The molecule has 1 saturated carbocycles. The number of nitrogens with zero attached hydrogens (tertiary/aromatic N) is 6. The standard InChI is InChI=1S/C21H30N6O/c1-21(2,3)17-6-7-18(28)27(24-17)15-12-25-10-13-26(14-11-25)20-19(16-4-5-16)22-8-9-23-20/h6-9,16H,4-5,10-15H2,1-3H3. The van der Waals surface area contributed by atoms with Gasteiger partial charge in [-0.3, -0.25) is 14.7 Å². The molecule has 0 aromatic carbocycles. The number of aromatic nitrogens is 4. The van der Waals surface area contributed by atoms with E-state index < -0.39 is 0 Å². The average Bonchev–Trinajstić information content (AvgIpc) is 3.52. The predicted octanol–water partition coefficient (Wildman–Crippen LogP) is 2.03. The normalized spacial score (nSPS) is 18.5. The molecule has 7 nitrogen and oxygen atoms in total. The Kier molecular flexibility index (Phi) is 5.19. The second-order valence-electron chi connectivity index (χ2n) is 8.90. The van der Waals surface area contributed by atoms with Gasteiger partial charge < -0.3 is 4.90 Å². The van der Waals surface area contributed by atoms with E-state index >= 15 is 0 Å². The van der Waals surface area contributed by atoms with Crippen molar-refractivity contribution in [1.82, 2.24) is 24.6 Å². The first kappa shape index (κ1) is 19.1. The zero-order valence-electron chi connectivity index (χ0n) is 17.1. The van der Waals surface area contributed by atoms with E-state index in [1.807, 2.05) is 12.3 Å². The second-order valence-corrected chi connectivity index (χ2v) is 8.90.